The third-order valence-corrected chi connectivity index (χ3v) is 5.45. The number of fused-ring (bicyclic) bond motifs is 1. The SMILES string of the molecule is Cc1ccc(C(=O)N2CCCn3c(CN4CCCCC4)nnc3C2)cc1. The Morgan fingerprint density at radius 3 is 2.50 bits per heavy atom. The molecule has 0 saturated carbocycles. The number of amides is 1. The Hall–Kier alpha value is -2.21. The Morgan fingerprint density at radius 1 is 0.962 bits per heavy atom. The lowest BCUT2D eigenvalue weighted by Gasteiger charge is -2.25. The van der Waals surface area contributed by atoms with E-state index in [1.807, 2.05) is 36.1 Å². The maximum atomic E-state index is 12.9. The van der Waals surface area contributed by atoms with Crippen LogP contribution in [-0.2, 0) is 19.6 Å². The Labute approximate surface area is 154 Å². The second-order valence-corrected chi connectivity index (χ2v) is 7.47. The Morgan fingerprint density at radius 2 is 1.73 bits per heavy atom. The highest BCUT2D eigenvalue weighted by Gasteiger charge is 2.24. The number of aryl methyl sites for hydroxylation is 1. The number of piperidine rings is 1. The minimum atomic E-state index is 0.0824. The smallest absolute Gasteiger partial charge is 0.254 e. The first-order valence-electron chi connectivity index (χ1n) is 9.70. The molecule has 1 aromatic carbocycles. The van der Waals surface area contributed by atoms with Crippen molar-refractivity contribution >= 4 is 5.91 Å². The highest BCUT2D eigenvalue weighted by atomic mass is 16.2. The Balaban J connectivity index is 1.48. The van der Waals surface area contributed by atoms with Crippen molar-refractivity contribution in [1.29, 1.82) is 0 Å². The lowest BCUT2D eigenvalue weighted by Crippen LogP contribution is -2.31. The largest absolute Gasteiger partial charge is 0.331 e. The van der Waals surface area contributed by atoms with E-state index in [0.29, 0.717) is 6.54 Å². The maximum absolute atomic E-state index is 12.9. The van der Waals surface area contributed by atoms with Crippen molar-refractivity contribution in [1.82, 2.24) is 24.6 Å². The second-order valence-electron chi connectivity index (χ2n) is 7.47. The van der Waals surface area contributed by atoms with Gasteiger partial charge in [-0.3, -0.25) is 9.69 Å². The number of likely N-dealkylation sites (tertiary alicyclic amines) is 1. The van der Waals surface area contributed by atoms with Gasteiger partial charge in [0.1, 0.15) is 5.82 Å². The fourth-order valence-corrected chi connectivity index (χ4v) is 3.90. The van der Waals surface area contributed by atoms with Gasteiger partial charge < -0.3 is 9.47 Å². The van der Waals surface area contributed by atoms with Gasteiger partial charge in [-0.05, 0) is 51.4 Å². The van der Waals surface area contributed by atoms with Gasteiger partial charge in [-0.25, -0.2) is 0 Å². The van der Waals surface area contributed by atoms with Crippen molar-refractivity contribution in [3.8, 4) is 0 Å². The number of benzene rings is 1. The van der Waals surface area contributed by atoms with Gasteiger partial charge in [0.25, 0.3) is 5.91 Å². The molecule has 0 aliphatic carbocycles. The van der Waals surface area contributed by atoms with E-state index in [-0.39, 0.29) is 5.91 Å². The minimum Gasteiger partial charge on any atom is -0.331 e. The molecule has 2 aliphatic heterocycles. The van der Waals surface area contributed by atoms with Gasteiger partial charge in [0.2, 0.25) is 0 Å². The fourth-order valence-electron chi connectivity index (χ4n) is 3.90. The number of carbonyl (C=O) groups is 1. The predicted octanol–water partition coefficient (Wildman–Crippen LogP) is 2.62. The molecule has 3 heterocycles. The standard InChI is InChI=1S/C20H27N5O/c1-16-6-8-17(9-7-16)20(26)24-12-5-13-25-18(21-22-19(25)15-24)14-23-10-3-2-4-11-23/h6-9H,2-5,10-15H2,1H3. The Bertz CT molecular complexity index is 761. The van der Waals surface area contributed by atoms with E-state index in [9.17, 15) is 4.79 Å². The van der Waals surface area contributed by atoms with Gasteiger partial charge in [0, 0.05) is 18.7 Å². The van der Waals surface area contributed by atoms with E-state index in [4.69, 9.17) is 0 Å². The molecule has 0 spiro atoms. The zero-order valence-corrected chi connectivity index (χ0v) is 15.5. The average Bonchev–Trinajstić information content (AvgIpc) is 2.90. The molecular weight excluding hydrogens is 326 g/mol. The molecule has 2 aromatic rings. The predicted molar refractivity (Wildman–Crippen MR) is 99.7 cm³/mol. The van der Waals surface area contributed by atoms with Crippen LogP contribution in [0.5, 0.6) is 0 Å². The molecule has 1 amide bonds. The normalized spacial score (nSPS) is 18.4. The van der Waals surface area contributed by atoms with Gasteiger partial charge in [0.15, 0.2) is 5.82 Å². The van der Waals surface area contributed by atoms with Crippen LogP contribution in [0.2, 0.25) is 0 Å². The summed E-state index contributed by atoms with van der Waals surface area (Å²) in [4.78, 5) is 17.2. The number of rotatable bonds is 3. The first-order chi connectivity index (χ1) is 12.7. The molecule has 0 atom stereocenters. The topological polar surface area (TPSA) is 54.3 Å². The van der Waals surface area contributed by atoms with E-state index >= 15 is 0 Å². The summed E-state index contributed by atoms with van der Waals surface area (Å²) in [5.41, 5.74) is 1.91. The van der Waals surface area contributed by atoms with Crippen LogP contribution in [0.15, 0.2) is 24.3 Å². The van der Waals surface area contributed by atoms with Crippen molar-refractivity contribution in [2.24, 2.45) is 0 Å². The molecule has 4 rings (SSSR count). The van der Waals surface area contributed by atoms with Crippen LogP contribution in [0.4, 0.5) is 0 Å². The fraction of sp³-hybridized carbons (Fsp3) is 0.550. The molecule has 2 aliphatic rings. The van der Waals surface area contributed by atoms with Crippen LogP contribution in [0.25, 0.3) is 0 Å². The lowest BCUT2D eigenvalue weighted by atomic mass is 10.1. The van der Waals surface area contributed by atoms with Gasteiger partial charge in [-0.2, -0.15) is 0 Å². The van der Waals surface area contributed by atoms with Crippen LogP contribution >= 0.6 is 0 Å². The summed E-state index contributed by atoms with van der Waals surface area (Å²) in [5, 5.41) is 8.86. The molecule has 1 fully saturated rings. The van der Waals surface area contributed by atoms with E-state index in [2.05, 4.69) is 19.7 Å². The molecule has 1 aromatic heterocycles. The molecule has 26 heavy (non-hydrogen) atoms. The van der Waals surface area contributed by atoms with Gasteiger partial charge in [-0.15, -0.1) is 10.2 Å². The summed E-state index contributed by atoms with van der Waals surface area (Å²) in [6.45, 7) is 7.41. The summed E-state index contributed by atoms with van der Waals surface area (Å²) in [5.74, 6) is 2.04. The van der Waals surface area contributed by atoms with E-state index in [1.165, 1.54) is 24.8 Å². The first kappa shape index (κ1) is 17.2. The number of aromatic nitrogens is 3. The van der Waals surface area contributed by atoms with Crippen LogP contribution in [0.1, 0.15) is 53.3 Å². The minimum absolute atomic E-state index is 0.0824. The summed E-state index contributed by atoms with van der Waals surface area (Å²) >= 11 is 0. The average molecular weight is 353 g/mol. The molecule has 6 heteroatoms. The molecule has 0 unspecified atom stereocenters. The molecule has 6 nitrogen and oxygen atoms in total. The number of carbonyl (C=O) groups excluding carboxylic acids is 1. The summed E-state index contributed by atoms with van der Waals surface area (Å²) in [7, 11) is 0. The summed E-state index contributed by atoms with van der Waals surface area (Å²) in [6, 6.07) is 7.80. The molecule has 138 valence electrons. The van der Waals surface area contributed by atoms with Crippen molar-refractivity contribution < 1.29 is 4.79 Å². The number of hydrogen-bond donors (Lipinski definition) is 0. The zero-order chi connectivity index (χ0) is 17.9. The van der Waals surface area contributed by atoms with Crippen LogP contribution in [0, 0.1) is 6.92 Å². The third kappa shape index (κ3) is 3.65. The highest BCUT2D eigenvalue weighted by Crippen LogP contribution is 2.18. The maximum Gasteiger partial charge on any atom is 0.254 e. The van der Waals surface area contributed by atoms with E-state index in [0.717, 1.165) is 56.4 Å². The monoisotopic (exact) mass is 353 g/mol. The van der Waals surface area contributed by atoms with E-state index < -0.39 is 0 Å². The van der Waals surface area contributed by atoms with E-state index in [1.54, 1.807) is 0 Å². The number of nitrogens with zero attached hydrogens (tertiary/aromatic N) is 5. The van der Waals surface area contributed by atoms with Crippen molar-refractivity contribution in [2.45, 2.75) is 52.2 Å². The molecule has 0 N–H and O–H groups in total. The van der Waals surface area contributed by atoms with Crippen LogP contribution in [0.3, 0.4) is 0 Å². The second kappa shape index (κ2) is 7.58. The zero-order valence-electron chi connectivity index (χ0n) is 15.5. The van der Waals surface area contributed by atoms with Gasteiger partial charge >= 0.3 is 0 Å². The van der Waals surface area contributed by atoms with Crippen LogP contribution < -0.4 is 0 Å². The van der Waals surface area contributed by atoms with Crippen molar-refractivity contribution in [3.63, 3.8) is 0 Å². The quantitative estimate of drug-likeness (QED) is 0.851. The third-order valence-electron chi connectivity index (χ3n) is 5.45. The molecule has 0 bridgehead atoms. The molecule has 1 saturated heterocycles. The lowest BCUT2D eigenvalue weighted by molar-refractivity contribution is 0.0743. The van der Waals surface area contributed by atoms with Crippen molar-refractivity contribution in [2.75, 3.05) is 19.6 Å². The Kier molecular flexibility index (Phi) is 5.02. The number of hydrogen-bond acceptors (Lipinski definition) is 4. The molecule has 0 radical (unpaired) electrons. The van der Waals surface area contributed by atoms with Gasteiger partial charge in [-0.1, -0.05) is 24.1 Å². The summed E-state index contributed by atoms with van der Waals surface area (Å²) in [6.07, 6.45) is 4.83. The highest BCUT2D eigenvalue weighted by molar-refractivity contribution is 5.94. The molecular formula is C20H27N5O. The first-order valence-corrected chi connectivity index (χ1v) is 9.70. The van der Waals surface area contributed by atoms with Crippen LogP contribution in [-0.4, -0.2) is 50.1 Å². The van der Waals surface area contributed by atoms with Crippen molar-refractivity contribution in [3.05, 3.63) is 47.0 Å². The van der Waals surface area contributed by atoms with Gasteiger partial charge in [0.05, 0.1) is 13.1 Å². The summed E-state index contributed by atoms with van der Waals surface area (Å²) < 4.78 is 2.23.